The number of halogens is 2. The smallest absolute Gasteiger partial charge is 0.270 e. The molecule has 1 N–H and O–H groups in total. The van der Waals surface area contributed by atoms with Gasteiger partial charge >= 0.3 is 0 Å². The number of benzene rings is 1. The Hall–Kier alpha value is -2.06. The molecule has 0 spiro atoms. The zero-order chi connectivity index (χ0) is 23.8. The highest BCUT2D eigenvalue weighted by Crippen LogP contribution is 2.30. The van der Waals surface area contributed by atoms with Crippen LogP contribution in [0.1, 0.15) is 33.8 Å². The normalized spacial score (nSPS) is 18.1. The van der Waals surface area contributed by atoms with Crippen molar-refractivity contribution in [3.63, 3.8) is 0 Å². The van der Waals surface area contributed by atoms with Gasteiger partial charge in [-0.15, -0.1) is 11.3 Å². The predicted octanol–water partition coefficient (Wildman–Crippen LogP) is 4.75. The molecule has 5 rings (SSSR count). The Morgan fingerprint density at radius 3 is 2.26 bits per heavy atom. The Balaban J connectivity index is 1.19. The van der Waals surface area contributed by atoms with Crippen LogP contribution >= 0.6 is 34.5 Å². The van der Waals surface area contributed by atoms with Crippen molar-refractivity contribution < 1.29 is 9.59 Å². The van der Waals surface area contributed by atoms with Gasteiger partial charge < -0.3 is 19.7 Å². The van der Waals surface area contributed by atoms with Crippen LogP contribution in [-0.4, -0.2) is 77.8 Å². The lowest BCUT2D eigenvalue weighted by Crippen LogP contribution is -2.51. The number of likely N-dealkylation sites (tertiary alicyclic amines) is 1. The summed E-state index contributed by atoms with van der Waals surface area (Å²) in [6, 6.07) is 9.61. The van der Waals surface area contributed by atoms with Crippen LogP contribution in [0.15, 0.2) is 30.3 Å². The summed E-state index contributed by atoms with van der Waals surface area (Å²) in [6.45, 7) is 4.72. The van der Waals surface area contributed by atoms with E-state index < -0.39 is 0 Å². The molecule has 0 atom stereocenters. The van der Waals surface area contributed by atoms with E-state index in [4.69, 9.17) is 23.2 Å². The highest BCUT2D eigenvalue weighted by atomic mass is 35.5. The van der Waals surface area contributed by atoms with Crippen LogP contribution < -0.4 is 0 Å². The largest absolute Gasteiger partial charge is 0.350 e. The van der Waals surface area contributed by atoms with Crippen molar-refractivity contribution in [1.29, 1.82) is 0 Å². The zero-order valence-corrected chi connectivity index (χ0v) is 21.5. The number of aromatic nitrogens is 1. The number of likely N-dealkylation sites (N-methyl/N-ethyl adjacent to an activating group) is 1. The minimum atomic E-state index is 0.0112. The summed E-state index contributed by atoms with van der Waals surface area (Å²) >= 11 is 13.9. The average Bonchev–Trinajstić information content (AvgIpc) is 3.37. The number of carbonyl (C=O) groups excluding carboxylic acids is 2. The highest BCUT2D eigenvalue weighted by molar-refractivity contribution is 7.19. The number of piperazine rings is 1. The number of piperidine rings is 1. The topological polar surface area (TPSA) is 59.6 Å². The second kappa shape index (κ2) is 9.90. The van der Waals surface area contributed by atoms with E-state index in [2.05, 4.69) is 23.0 Å². The SMILES string of the molecule is CN1CCN(C(=O)C2CCN(C(=O)c3cc4sc(Cc5cc(Cl)cc(Cl)c5)cc4[nH]3)CC2)CC1. The zero-order valence-electron chi connectivity index (χ0n) is 19.2. The Morgan fingerprint density at radius 2 is 1.62 bits per heavy atom. The van der Waals surface area contributed by atoms with Gasteiger partial charge in [0.2, 0.25) is 5.91 Å². The minimum absolute atomic E-state index is 0.0112. The summed E-state index contributed by atoms with van der Waals surface area (Å²) in [4.78, 5) is 36.6. The third kappa shape index (κ3) is 5.13. The van der Waals surface area contributed by atoms with Crippen LogP contribution in [0.25, 0.3) is 10.2 Å². The number of rotatable bonds is 4. The molecule has 180 valence electrons. The summed E-state index contributed by atoms with van der Waals surface area (Å²) in [6.07, 6.45) is 2.21. The number of carbonyl (C=O) groups is 2. The van der Waals surface area contributed by atoms with E-state index in [1.54, 1.807) is 17.4 Å². The molecule has 6 nitrogen and oxygen atoms in total. The number of thiophene rings is 1. The number of amides is 2. The van der Waals surface area contributed by atoms with Gasteiger partial charge in [0.1, 0.15) is 5.69 Å². The van der Waals surface area contributed by atoms with Crippen LogP contribution in [0, 0.1) is 5.92 Å². The van der Waals surface area contributed by atoms with Gasteiger partial charge in [-0.05, 0) is 55.8 Å². The molecule has 0 unspecified atom stereocenters. The molecule has 2 aromatic heterocycles. The van der Waals surface area contributed by atoms with Gasteiger partial charge in [-0.3, -0.25) is 9.59 Å². The first-order valence-electron chi connectivity index (χ1n) is 11.7. The van der Waals surface area contributed by atoms with Gasteiger partial charge in [0, 0.05) is 66.5 Å². The van der Waals surface area contributed by atoms with Crippen LogP contribution in [0.3, 0.4) is 0 Å². The molecular weight excluding hydrogens is 491 g/mol. The van der Waals surface area contributed by atoms with Crippen molar-refractivity contribution in [2.75, 3.05) is 46.3 Å². The van der Waals surface area contributed by atoms with E-state index in [1.807, 2.05) is 28.0 Å². The number of fused-ring (bicyclic) bond motifs is 1. The molecule has 3 aromatic rings. The fourth-order valence-corrected chi connectivity index (χ4v) is 6.54. The van der Waals surface area contributed by atoms with E-state index in [9.17, 15) is 9.59 Å². The van der Waals surface area contributed by atoms with Gasteiger partial charge in [-0.1, -0.05) is 23.2 Å². The van der Waals surface area contributed by atoms with Gasteiger partial charge in [0.15, 0.2) is 0 Å². The van der Waals surface area contributed by atoms with E-state index in [-0.39, 0.29) is 17.7 Å². The lowest BCUT2D eigenvalue weighted by molar-refractivity contribution is -0.138. The molecule has 34 heavy (non-hydrogen) atoms. The predicted molar refractivity (Wildman–Crippen MR) is 138 cm³/mol. The average molecular weight is 519 g/mol. The third-order valence-electron chi connectivity index (χ3n) is 6.83. The van der Waals surface area contributed by atoms with E-state index in [0.717, 1.165) is 61.2 Å². The maximum atomic E-state index is 13.1. The fourth-order valence-electron chi connectivity index (χ4n) is 4.88. The molecule has 2 saturated heterocycles. The van der Waals surface area contributed by atoms with Crippen molar-refractivity contribution in [2.24, 2.45) is 5.92 Å². The standard InChI is InChI=1S/C25H28Cl2N4O2S/c1-29-6-8-31(9-7-29)24(32)17-2-4-30(5-3-17)25(33)22-15-23-21(28-22)14-20(34-23)12-16-10-18(26)13-19(27)11-16/h10-11,13-15,17,28H,2-9,12H2,1H3. The first kappa shape index (κ1) is 23.7. The van der Waals surface area contributed by atoms with Gasteiger partial charge in [0.05, 0.1) is 10.2 Å². The van der Waals surface area contributed by atoms with Crippen LogP contribution in [0.5, 0.6) is 0 Å². The molecule has 2 aliphatic heterocycles. The molecule has 2 amide bonds. The number of hydrogen-bond acceptors (Lipinski definition) is 4. The number of H-pyrrole nitrogens is 1. The molecule has 4 heterocycles. The number of nitrogens with one attached hydrogen (secondary N) is 1. The van der Waals surface area contributed by atoms with E-state index in [0.29, 0.717) is 28.8 Å². The van der Waals surface area contributed by atoms with Crippen LogP contribution in [-0.2, 0) is 11.2 Å². The van der Waals surface area contributed by atoms with Crippen LogP contribution in [0.4, 0.5) is 0 Å². The molecular formula is C25H28Cl2N4O2S. The molecule has 0 radical (unpaired) electrons. The first-order valence-corrected chi connectivity index (χ1v) is 13.3. The first-order chi connectivity index (χ1) is 16.4. The third-order valence-corrected chi connectivity index (χ3v) is 8.35. The Kier molecular flexibility index (Phi) is 6.89. The molecule has 9 heteroatoms. The Bertz CT molecular complexity index is 1160. The van der Waals surface area contributed by atoms with Crippen molar-refractivity contribution in [3.8, 4) is 0 Å². The van der Waals surface area contributed by atoms with Gasteiger partial charge in [-0.2, -0.15) is 0 Å². The quantitative estimate of drug-likeness (QED) is 0.541. The summed E-state index contributed by atoms with van der Waals surface area (Å²) in [5, 5.41) is 1.26. The Labute approximate surface area is 213 Å². The second-order valence-electron chi connectivity index (χ2n) is 9.32. The Morgan fingerprint density at radius 1 is 0.941 bits per heavy atom. The number of aromatic amines is 1. The summed E-state index contributed by atoms with van der Waals surface area (Å²) in [5.74, 6) is 0.299. The molecule has 0 aliphatic carbocycles. The summed E-state index contributed by atoms with van der Waals surface area (Å²) in [7, 11) is 2.09. The number of hydrogen-bond donors (Lipinski definition) is 1. The van der Waals surface area contributed by atoms with E-state index >= 15 is 0 Å². The lowest BCUT2D eigenvalue weighted by atomic mass is 9.94. The van der Waals surface area contributed by atoms with Crippen molar-refractivity contribution >= 4 is 56.6 Å². The fraction of sp³-hybridized carbons (Fsp3) is 0.440. The molecule has 0 bridgehead atoms. The summed E-state index contributed by atoms with van der Waals surface area (Å²) in [5.41, 5.74) is 2.64. The molecule has 2 aliphatic rings. The minimum Gasteiger partial charge on any atom is -0.350 e. The van der Waals surface area contributed by atoms with Gasteiger partial charge in [-0.25, -0.2) is 0 Å². The molecule has 2 fully saturated rings. The van der Waals surface area contributed by atoms with Crippen molar-refractivity contribution in [1.82, 2.24) is 19.7 Å². The van der Waals surface area contributed by atoms with E-state index in [1.165, 1.54) is 4.88 Å². The highest BCUT2D eigenvalue weighted by Gasteiger charge is 2.32. The maximum absolute atomic E-state index is 13.1. The van der Waals surface area contributed by atoms with Crippen molar-refractivity contribution in [2.45, 2.75) is 19.3 Å². The van der Waals surface area contributed by atoms with Gasteiger partial charge in [0.25, 0.3) is 5.91 Å². The molecule has 1 aromatic carbocycles. The van der Waals surface area contributed by atoms with Crippen LogP contribution in [0.2, 0.25) is 10.0 Å². The number of nitrogens with zero attached hydrogens (tertiary/aromatic N) is 3. The monoisotopic (exact) mass is 518 g/mol. The van der Waals surface area contributed by atoms with Crippen molar-refractivity contribution in [3.05, 3.63) is 56.5 Å². The second-order valence-corrected chi connectivity index (χ2v) is 11.4. The molecule has 0 saturated carbocycles. The lowest BCUT2D eigenvalue weighted by Gasteiger charge is -2.37. The maximum Gasteiger partial charge on any atom is 0.270 e. The summed E-state index contributed by atoms with van der Waals surface area (Å²) < 4.78 is 1.06.